The maximum absolute atomic E-state index is 6.15. The van der Waals surface area contributed by atoms with Crippen molar-refractivity contribution < 1.29 is 4.74 Å². The van der Waals surface area contributed by atoms with E-state index in [0.717, 1.165) is 31.2 Å². The SMILES string of the molecule is Clc1cc(Br)ccc1COc1ccc(Br)c(CBr)c1. The Morgan fingerprint density at radius 1 is 1.00 bits per heavy atom. The fourth-order valence-electron chi connectivity index (χ4n) is 1.54. The van der Waals surface area contributed by atoms with Crippen molar-refractivity contribution in [3.8, 4) is 5.75 Å². The van der Waals surface area contributed by atoms with Gasteiger partial charge in [0.25, 0.3) is 0 Å². The Kier molecular flexibility index (Phi) is 5.75. The van der Waals surface area contributed by atoms with E-state index in [4.69, 9.17) is 16.3 Å². The summed E-state index contributed by atoms with van der Waals surface area (Å²) in [6, 6.07) is 11.7. The molecule has 0 aliphatic rings. The summed E-state index contributed by atoms with van der Waals surface area (Å²) in [6.07, 6.45) is 0. The Morgan fingerprint density at radius 3 is 2.47 bits per heavy atom. The van der Waals surface area contributed by atoms with E-state index in [0.29, 0.717) is 11.6 Å². The van der Waals surface area contributed by atoms with Crippen molar-refractivity contribution in [2.45, 2.75) is 11.9 Å². The third-order valence-electron chi connectivity index (χ3n) is 2.57. The fourth-order valence-corrected chi connectivity index (χ4v) is 3.50. The molecule has 0 aliphatic carbocycles. The molecule has 0 spiro atoms. The molecular formula is C14H10Br3ClO. The summed E-state index contributed by atoms with van der Waals surface area (Å²) < 4.78 is 7.80. The minimum absolute atomic E-state index is 0.454. The Labute approximate surface area is 142 Å². The molecule has 0 bridgehead atoms. The van der Waals surface area contributed by atoms with E-state index < -0.39 is 0 Å². The predicted octanol–water partition coefficient (Wildman–Crippen LogP) is 6.34. The number of hydrogen-bond acceptors (Lipinski definition) is 1. The quantitative estimate of drug-likeness (QED) is 0.475. The lowest BCUT2D eigenvalue weighted by atomic mass is 10.2. The van der Waals surface area contributed by atoms with Crippen LogP contribution >= 0.6 is 59.4 Å². The Morgan fingerprint density at radius 2 is 1.79 bits per heavy atom. The molecule has 100 valence electrons. The zero-order chi connectivity index (χ0) is 13.8. The van der Waals surface area contributed by atoms with Gasteiger partial charge in [-0.3, -0.25) is 0 Å². The molecule has 0 heterocycles. The van der Waals surface area contributed by atoms with E-state index >= 15 is 0 Å². The van der Waals surface area contributed by atoms with Gasteiger partial charge in [0.2, 0.25) is 0 Å². The van der Waals surface area contributed by atoms with Crippen LogP contribution in [0.3, 0.4) is 0 Å². The average Bonchev–Trinajstić information content (AvgIpc) is 2.39. The standard InChI is InChI=1S/C14H10Br3ClO/c15-7-10-5-12(3-4-13(10)17)19-8-9-1-2-11(16)6-14(9)18/h1-6H,7-8H2. The molecule has 5 heteroatoms. The van der Waals surface area contributed by atoms with E-state index in [-0.39, 0.29) is 0 Å². The number of alkyl halides is 1. The summed E-state index contributed by atoms with van der Waals surface area (Å²) in [5, 5.41) is 1.48. The van der Waals surface area contributed by atoms with Crippen molar-refractivity contribution in [3.05, 3.63) is 61.5 Å². The summed E-state index contributed by atoms with van der Waals surface area (Å²) in [4.78, 5) is 0. The first kappa shape index (κ1) is 15.4. The predicted molar refractivity (Wildman–Crippen MR) is 90.3 cm³/mol. The lowest BCUT2D eigenvalue weighted by Gasteiger charge is -2.10. The summed E-state index contributed by atoms with van der Waals surface area (Å²) in [5.74, 6) is 0.830. The molecule has 0 saturated heterocycles. The van der Waals surface area contributed by atoms with Gasteiger partial charge in [-0.2, -0.15) is 0 Å². The smallest absolute Gasteiger partial charge is 0.120 e. The second kappa shape index (κ2) is 7.11. The van der Waals surface area contributed by atoms with Crippen LogP contribution in [0.1, 0.15) is 11.1 Å². The first-order valence-electron chi connectivity index (χ1n) is 5.51. The van der Waals surface area contributed by atoms with Crippen molar-refractivity contribution >= 4 is 59.4 Å². The largest absolute Gasteiger partial charge is 0.489 e. The average molecular weight is 469 g/mol. The Bertz CT molecular complexity index is 587. The van der Waals surface area contributed by atoms with Crippen LogP contribution in [0, 0.1) is 0 Å². The molecular weight excluding hydrogens is 459 g/mol. The number of benzene rings is 2. The van der Waals surface area contributed by atoms with Crippen LogP contribution in [-0.4, -0.2) is 0 Å². The van der Waals surface area contributed by atoms with Crippen molar-refractivity contribution in [1.82, 2.24) is 0 Å². The van der Waals surface area contributed by atoms with E-state index in [1.165, 1.54) is 0 Å². The maximum Gasteiger partial charge on any atom is 0.120 e. The van der Waals surface area contributed by atoms with Gasteiger partial charge < -0.3 is 4.74 Å². The minimum atomic E-state index is 0.454. The van der Waals surface area contributed by atoms with Gasteiger partial charge in [0, 0.05) is 24.9 Å². The van der Waals surface area contributed by atoms with Crippen LogP contribution in [0.2, 0.25) is 5.02 Å². The van der Waals surface area contributed by atoms with Crippen LogP contribution in [0.5, 0.6) is 5.75 Å². The van der Waals surface area contributed by atoms with Crippen LogP contribution in [0.4, 0.5) is 0 Å². The first-order valence-corrected chi connectivity index (χ1v) is 8.60. The maximum atomic E-state index is 6.15. The number of ether oxygens (including phenoxy) is 1. The van der Waals surface area contributed by atoms with Gasteiger partial charge in [-0.05, 0) is 35.9 Å². The highest BCUT2D eigenvalue weighted by Crippen LogP contribution is 2.26. The second-order valence-electron chi connectivity index (χ2n) is 3.91. The zero-order valence-corrected chi connectivity index (χ0v) is 15.3. The fraction of sp³-hybridized carbons (Fsp3) is 0.143. The van der Waals surface area contributed by atoms with Gasteiger partial charge in [0.15, 0.2) is 0 Å². The van der Waals surface area contributed by atoms with E-state index in [2.05, 4.69) is 47.8 Å². The van der Waals surface area contributed by atoms with Crippen molar-refractivity contribution in [1.29, 1.82) is 0 Å². The van der Waals surface area contributed by atoms with Gasteiger partial charge in [-0.25, -0.2) is 0 Å². The van der Waals surface area contributed by atoms with Gasteiger partial charge >= 0.3 is 0 Å². The van der Waals surface area contributed by atoms with Crippen molar-refractivity contribution in [2.75, 3.05) is 0 Å². The van der Waals surface area contributed by atoms with Crippen molar-refractivity contribution in [2.24, 2.45) is 0 Å². The first-order chi connectivity index (χ1) is 9.10. The summed E-state index contributed by atoms with van der Waals surface area (Å²) in [7, 11) is 0. The molecule has 19 heavy (non-hydrogen) atoms. The summed E-state index contributed by atoms with van der Waals surface area (Å²) in [6.45, 7) is 0.454. The Balaban J connectivity index is 2.10. The molecule has 0 fully saturated rings. The minimum Gasteiger partial charge on any atom is -0.489 e. The molecule has 0 unspecified atom stereocenters. The third-order valence-corrected chi connectivity index (χ3v) is 4.79. The molecule has 0 radical (unpaired) electrons. The normalized spacial score (nSPS) is 10.5. The van der Waals surface area contributed by atoms with E-state index in [1.807, 2.05) is 36.4 Å². The summed E-state index contributed by atoms with van der Waals surface area (Å²) >= 11 is 16.5. The van der Waals surface area contributed by atoms with Gasteiger partial charge in [-0.1, -0.05) is 65.5 Å². The molecule has 2 aromatic carbocycles. The number of rotatable bonds is 4. The molecule has 0 N–H and O–H groups in total. The molecule has 0 aromatic heterocycles. The lowest BCUT2D eigenvalue weighted by molar-refractivity contribution is 0.306. The lowest BCUT2D eigenvalue weighted by Crippen LogP contribution is -1.97. The third kappa shape index (κ3) is 4.22. The van der Waals surface area contributed by atoms with Gasteiger partial charge in [-0.15, -0.1) is 0 Å². The monoisotopic (exact) mass is 466 g/mol. The molecule has 2 rings (SSSR count). The van der Waals surface area contributed by atoms with Crippen LogP contribution in [0.25, 0.3) is 0 Å². The highest BCUT2D eigenvalue weighted by molar-refractivity contribution is 9.11. The van der Waals surface area contributed by atoms with Gasteiger partial charge in [0.05, 0.1) is 0 Å². The second-order valence-corrected chi connectivity index (χ2v) is 6.65. The van der Waals surface area contributed by atoms with Crippen LogP contribution in [-0.2, 0) is 11.9 Å². The van der Waals surface area contributed by atoms with Gasteiger partial charge in [0.1, 0.15) is 12.4 Å². The van der Waals surface area contributed by atoms with Crippen molar-refractivity contribution in [3.63, 3.8) is 0 Å². The molecule has 0 amide bonds. The molecule has 2 aromatic rings. The highest BCUT2D eigenvalue weighted by atomic mass is 79.9. The van der Waals surface area contributed by atoms with Crippen LogP contribution in [0.15, 0.2) is 45.3 Å². The molecule has 1 nitrogen and oxygen atoms in total. The van der Waals surface area contributed by atoms with Crippen LogP contribution < -0.4 is 4.74 Å². The highest BCUT2D eigenvalue weighted by Gasteiger charge is 2.04. The zero-order valence-electron chi connectivity index (χ0n) is 9.80. The molecule has 0 saturated carbocycles. The topological polar surface area (TPSA) is 9.23 Å². The van der Waals surface area contributed by atoms with E-state index in [9.17, 15) is 0 Å². The molecule has 0 atom stereocenters. The number of halogens is 4. The Hall–Kier alpha value is -0.0300. The number of hydrogen-bond donors (Lipinski definition) is 0. The van der Waals surface area contributed by atoms with E-state index in [1.54, 1.807) is 0 Å². The summed E-state index contributed by atoms with van der Waals surface area (Å²) in [5.41, 5.74) is 2.12. The molecule has 0 aliphatic heterocycles.